The highest BCUT2D eigenvalue weighted by atomic mass is 32.2. The third-order valence-electron chi connectivity index (χ3n) is 3.87. The Labute approximate surface area is 162 Å². The minimum atomic E-state index is -3.93. The number of hydrogen-bond donors (Lipinski definition) is 2. The number of para-hydroxylation sites is 2. The summed E-state index contributed by atoms with van der Waals surface area (Å²) in [5.74, 6) is -0.970. The topological polar surface area (TPSA) is 84.5 Å². The largest absolute Gasteiger partial charge is 0.495 e. The van der Waals surface area contributed by atoms with Crippen molar-refractivity contribution in [3.8, 4) is 5.75 Å². The first kappa shape index (κ1) is 19.4. The molecule has 0 heterocycles. The van der Waals surface area contributed by atoms with Crippen LogP contribution in [0, 0.1) is 5.82 Å². The molecule has 0 atom stereocenters. The van der Waals surface area contributed by atoms with Crippen molar-refractivity contribution in [2.24, 2.45) is 0 Å². The average Bonchev–Trinajstić information content (AvgIpc) is 2.68. The number of carbonyl (C=O) groups is 1. The number of nitrogens with one attached hydrogen (secondary N) is 2. The van der Waals surface area contributed by atoms with Crippen molar-refractivity contribution >= 4 is 27.3 Å². The maximum absolute atomic E-state index is 13.7. The number of carbonyl (C=O) groups excluding carboxylic acids is 1. The number of ether oxygens (including phenoxy) is 1. The van der Waals surface area contributed by atoms with Gasteiger partial charge in [0.15, 0.2) is 0 Å². The lowest BCUT2D eigenvalue weighted by Gasteiger charge is -2.12. The van der Waals surface area contributed by atoms with E-state index < -0.39 is 21.7 Å². The molecule has 3 rings (SSSR count). The summed E-state index contributed by atoms with van der Waals surface area (Å²) in [6.07, 6.45) is 0. The predicted molar refractivity (Wildman–Crippen MR) is 105 cm³/mol. The van der Waals surface area contributed by atoms with Gasteiger partial charge < -0.3 is 10.1 Å². The summed E-state index contributed by atoms with van der Waals surface area (Å²) >= 11 is 0. The Morgan fingerprint density at radius 3 is 2.43 bits per heavy atom. The highest BCUT2D eigenvalue weighted by molar-refractivity contribution is 7.92. The van der Waals surface area contributed by atoms with E-state index in [1.54, 1.807) is 24.3 Å². The Morgan fingerprint density at radius 1 is 0.964 bits per heavy atom. The monoisotopic (exact) mass is 400 g/mol. The van der Waals surface area contributed by atoms with E-state index in [-0.39, 0.29) is 21.8 Å². The SMILES string of the molecule is COc1ccccc1NS(=O)(=O)c1cccc(NC(=O)c2ccccc2F)c1. The van der Waals surface area contributed by atoms with Gasteiger partial charge in [-0.3, -0.25) is 9.52 Å². The Bertz CT molecular complexity index is 1120. The second-order valence-corrected chi connectivity index (χ2v) is 7.45. The molecule has 3 aromatic rings. The standard InChI is InChI=1S/C20H17FN2O4S/c1-27-19-12-5-4-11-18(19)23-28(25,26)15-8-6-7-14(13-15)22-20(24)16-9-2-3-10-17(16)21/h2-13,23H,1H3,(H,22,24). The maximum atomic E-state index is 13.7. The lowest BCUT2D eigenvalue weighted by atomic mass is 10.2. The van der Waals surface area contributed by atoms with Crippen LogP contribution in [0.4, 0.5) is 15.8 Å². The highest BCUT2D eigenvalue weighted by Gasteiger charge is 2.18. The van der Waals surface area contributed by atoms with Crippen LogP contribution < -0.4 is 14.8 Å². The van der Waals surface area contributed by atoms with E-state index in [9.17, 15) is 17.6 Å². The minimum Gasteiger partial charge on any atom is -0.495 e. The molecule has 0 saturated carbocycles. The maximum Gasteiger partial charge on any atom is 0.262 e. The summed E-state index contributed by atoms with van der Waals surface area (Å²) in [5.41, 5.74) is 0.366. The Hall–Kier alpha value is -3.39. The third kappa shape index (κ3) is 4.29. The van der Waals surface area contributed by atoms with Gasteiger partial charge in [-0.25, -0.2) is 12.8 Å². The molecule has 0 aliphatic rings. The lowest BCUT2D eigenvalue weighted by Crippen LogP contribution is -2.16. The Morgan fingerprint density at radius 2 is 1.68 bits per heavy atom. The van der Waals surface area contributed by atoms with E-state index in [1.807, 2.05) is 0 Å². The fourth-order valence-corrected chi connectivity index (χ4v) is 3.63. The summed E-state index contributed by atoms with van der Waals surface area (Å²) in [7, 11) is -2.50. The Balaban J connectivity index is 1.84. The van der Waals surface area contributed by atoms with E-state index in [0.717, 1.165) is 0 Å². The lowest BCUT2D eigenvalue weighted by molar-refractivity contribution is 0.102. The minimum absolute atomic E-state index is 0.0651. The second-order valence-electron chi connectivity index (χ2n) is 5.77. The number of rotatable bonds is 6. The highest BCUT2D eigenvalue weighted by Crippen LogP contribution is 2.27. The number of sulfonamides is 1. The van der Waals surface area contributed by atoms with Gasteiger partial charge in [0.25, 0.3) is 15.9 Å². The van der Waals surface area contributed by atoms with Crippen molar-refractivity contribution in [3.63, 3.8) is 0 Å². The van der Waals surface area contributed by atoms with Crippen molar-refractivity contribution in [2.75, 3.05) is 17.1 Å². The van der Waals surface area contributed by atoms with E-state index in [4.69, 9.17) is 4.74 Å². The molecule has 6 nitrogen and oxygen atoms in total. The molecule has 3 aromatic carbocycles. The molecule has 0 aromatic heterocycles. The summed E-state index contributed by atoms with van der Waals surface area (Å²) < 4.78 is 46.7. The Kier molecular flexibility index (Phi) is 5.60. The zero-order valence-corrected chi connectivity index (χ0v) is 15.7. The van der Waals surface area contributed by atoms with Crippen LogP contribution in [-0.4, -0.2) is 21.4 Å². The van der Waals surface area contributed by atoms with E-state index >= 15 is 0 Å². The fraction of sp³-hybridized carbons (Fsp3) is 0.0500. The van der Waals surface area contributed by atoms with Gasteiger partial charge in [0.2, 0.25) is 0 Å². The van der Waals surface area contributed by atoms with Crippen LogP contribution in [0.1, 0.15) is 10.4 Å². The molecule has 144 valence electrons. The van der Waals surface area contributed by atoms with Crippen LogP contribution in [0.15, 0.2) is 77.7 Å². The predicted octanol–water partition coefficient (Wildman–Crippen LogP) is 3.89. The summed E-state index contributed by atoms with van der Waals surface area (Å²) in [6.45, 7) is 0. The zero-order valence-electron chi connectivity index (χ0n) is 14.8. The molecule has 0 radical (unpaired) electrons. The molecule has 0 saturated heterocycles. The molecule has 0 spiro atoms. The number of halogens is 1. The average molecular weight is 400 g/mol. The molecule has 1 amide bonds. The van der Waals surface area contributed by atoms with Gasteiger partial charge in [-0.15, -0.1) is 0 Å². The van der Waals surface area contributed by atoms with Crippen LogP contribution in [0.3, 0.4) is 0 Å². The molecule has 2 N–H and O–H groups in total. The molecule has 0 aliphatic heterocycles. The molecule has 0 bridgehead atoms. The van der Waals surface area contributed by atoms with Crippen LogP contribution in [0.5, 0.6) is 5.75 Å². The van der Waals surface area contributed by atoms with Crippen molar-refractivity contribution in [1.29, 1.82) is 0 Å². The molecule has 0 unspecified atom stereocenters. The number of hydrogen-bond acceptors (Lipinski definition) is 4. The van der Waals surface area contributed by atoms with Crippen LogP contribution in [0.25, 0.3) is 0 Å². The van der Waals surface area contributed by atoms with Crippen LogP contribution in [-0.2, 0) is 10.0 Å². The smallest absolute Gasteiger partial charge is 0.262 e. The normalized spacial score (nSPS) is 10.9. The number of benzene rings is 3. The summed E-state index contributed by atoms with van der Waals surface area (Å²) in [6, 6.07) is 17.8. The van der Waals surface area contributed by atoms with Crippen molar-refractivity contribution < 1.29 is 22.3 Å². The van der Waals surface area contributed by atoms with Gasteiger partial charge in [0.1, 0.15) is 11.6 Å². The summed E-state index contributed by atoms with van der Waals surface area (Å²) in [5, 5.41) is 2.50. The second kappa shape index (κ2) is 8.10. The quantitative estimate of drug-likeness (QED) is 0.658. The molecule has 0 fully saturated rings. The van der Waals surface area contributed by atoms with Gasteiger partial charge in [-0.1, -0.05) is 30.3 Å². The zero-order chi connectivity index (χ0) is 20.1. The van der Waals surface area contributed by atoms with Gasteiger partial charge in [-0.2, -0.15) is 0 Å². The van der Waals surface area contributed by atoms with Crippen LogP contribution >= 0.6 is 0 Å². The molecule has 0 aliphatic carbocycles. The molecular formula is C20H17FN2O4S. The number of anilines is 2. The van der Waals surface area contributed by atoms with Gasteiger partial charge >= 0.3 is 0 Å². The van der Waals surface area contributed by atoms with Gasteiger partial charge in [0, 0.05) is 5.69 Å². The molecular weight excluding hydrogens is 383 g/mol. The number of methoxy groups -OCH3 is 1. The van der Waals surface area contributed by atoms with Crippen molar-refractivity contribution in [2.45, 2.75) is 4.90 Å². The fourth-order valence-electron chi connectivity index (χ4n) is 2.52. The van der Waals surface area contributed by atoms with E-state index in [2.05, 4.69) is 10.0 Å². The van der Waals surface area contributed by atoms with E-state index in [0.29, 0.717) is 5.75 Å². The first-order valence-corrected chi connectivity index (χ1v) is 9.71. The van der Waals surface area contributed by atoms with Gasteiger partial charge in [0.05, 0.1) is 23.3 Å². The van der Waals surface area contributed by atoms with Gasteiger partial charge in [-0.05, 0) is 42.5 Å². The van der Waals surface area contributed by atoms with E-state index in [1.165, 1.54) is 55.6 Å². The van der Waals surface area contributed by atoms with Crippen molar-refractivity contribution in [1.82, 2.24) is 0 Å². The molecule has 28 heavy (non-hydrogen) atoms. The van der Waals surface area contributed by atoms with Crippen molar-refractivity contribution in [3.05, 3.63) is 84.2 Å². The third-order valence-corrected chi connectivity index (χ3v) is 5.24. The first-order valence-electron chi connectivity index (χ1n) is 8.22. The molecule has 8 heteroatoms. The first-order chi connectivity index (χ1) is 13.4. The summed E-state index contributed by atoms with van der Waals surface area (Å²) in [4.78, 5) is 12.2. The number of amides is 1. The van der Waals surface area contributed by atoms with Crippen LogP contribution in [0.2, 0.25) is 0 Å².